The van der Waals surface area contributed by atoms with E-state index in [1.807, 2.05) is 25.1 Å². The van der Waals surface area contributed by atoms with E-state index in [1.54, 1.807) is 6.07 Å². The third kappa shape index (κ3) is 2.68. The summed E-state index contributed by atoms with van der Waals surface area (Å²) in [5.41, 5.74) is 8.92. The molecule has 0 amide bonds. The van der Waals surface area contributed by atoms with E-state index in [0.717, 1.165) is 11.3 Å². The fourth-order valence-electron chi connectivity index (χ4n) is 1.53. The van der Waals surface area contributed by atoms with Gasteiger partial charge in [-0.2, -0.15) is 0 Å². The first-order chi connectivity index (χ1) is 8.06. The molecule has 17 heavy (non-hydrogen) atoms. The minimum atomic E-state index is -0.456. The largest absolute Gasteiger partial charge is 0.397 e. The third-order valence-electron chi connectivity index (χ3n) is 2.41. The Kier molecular flexibility index (Phi) is 3.20. The van der Waals surface area contributed by atoms with E-state index in [4.69, 9.17) is 17.3 Å². The van der Waals surface area contributed by atoms with Gasteiger partial charge in [-0.05, 0) is 42.8 Å². The molecule has 0 atom stereocenters. The second-order valence-electron chi connectivity index (χ2n) is 3.84. The van der Waals surface area contributed by atoms with Gasteiger partial charge in [-0.3, -0.25) is 0 Å². The van der Waals surface area contributed by atoms with Crippen LogP contribution >= 0.6 is 11.6 Å². The van der Waals surface area contributed by atoms with Crippen LogP contribution in [0.5, 0.6) is 0 Å². The quantitative estimate of drug-likeness (QED) is 0.787. The van der Waals surface area contributed by atoms with E-state index in [1.165, 1.54) is 12.1 Å². The maximum Gasteiger partial charge on any atom is 0.143 e. The van der Waals surface area contributed by atoms with E-state index in [0.29, 0.717) is 11.4 Å². The predicted molar refractivity (Wildman–Crippen MR) is 70.3 cm³/mol. The molecule has 0 fully saturated rings. The molecule has 2 aromatic rings. The zero-order valence-corrected chi connectivity index (χ0v) is 10.1. The van der Waals surface area contributed by atoms with Gasteiger partial charge in [-0.1, -0.05) is 17.7 Å². The van der Waals surface area contributed by atoms with Crippen LogP contribution in [0.3, 0.4) is 0 Å². The normalized spacial score (nSPS) is 10.3. The highest BCUT2D eigenvalue weighted by Crippen LogP contribution is 2.26. The van der Waals surface area contributed by atoms with Crippen molar-refractivity contribution in [2.75, 3.05) is 11.1 Å². The van der Waals surface area contributed by atoms with Crippen molar-refractivity contribution in [3.05, 3.63) is 52.8 Å². The summed E-state index contributed by atoms with van der Waals surface area (Å²) in [5, 5.41) is 3.15. The molecule has 0 bridgehead atoms. The van der Waals surface area contributed by atoms with E-state index in [2.05, 4.69) is 5.32 Å². The van der Waals surface area contributed by atoms with Crippen molar-refractivity contribution in [2.24, 2.45) is 0 Å². The van der Waals surface area contributed by atoms with Gasteiger partial charge in [0.25, 0.3) is 0 Å². The summed E-state index contributed by atoms with van der Waals surface area (Å²) in [5.74, 6) is -0.456. The minimum Gasteiger partial charge on any atom is -0.397 e. The number of hydrogen-bond donors (Lipinski definition) is 2. The SMILES string of the molecule is Cc1ccc(Nc2ccc(Cl)c(F)c2)c(N)c1. The lowest BCUT2D eigenvalue weighted by Gasteiger charge is -2.10. The van der Waals surface area contributed by atoms with Gasteiger partial charge in [0.15, 0.2) is 0 Å². The van der Waals surface area contributed by atoms with Gasteiger partial charge in [-0.15, -0.1) is 0 Å². The van der Waals surface area contributed by atoms with Crippen LogP contribution in [0, 0.1) is 12.7 Å². The Labute approximate surface area is 104 Å². The maximum atomic E-state index is 13.2. The van der Waals surface area contributed by atoms with Gasteiger partial charge in [-0.25, -0.2) is 4.39 Å². The highest BCUT2D eigenvalue weighted by molar-refractivity contribution is 6.30. The number of nitrogens with one attached hydrogen (secondary N) is 1. The summed E-state index contributed by atoms with van der Waals surface area (Å²) in [7, 11) is 0. The van der Waals surface area contributed by atoms with Crippen molar-refractivity contribution in [3.63, 3.8) is 0 Å². The van der Waals surface area contributed by atoms with E-state index in [-0.39, 0.29) is 5.02 Å². The van der Waals surface area contributed by atoms with Crippen LogP contribution in [0.1, 0.15) is 5.56 Å². The molecule has 0 aromatic heterocycles. The molecular formula is C13H12ClFN2. The number of halogens is 2. The highest BCUT2D eigenvalue weighted by atomic mass is 35.5. The van der Waals surface area contributed by atoms with Crippen molar-refractivity contribution in [2.45, 2.75) is 6.92 Å². The summed E-state index contributed by atoms with van der Waals surface area (Å²) in [4.78, 5) is 0. The summed E-state index contributed by atoms with van der Waals surface area (Å²) in [6, 6.07) is 10.2. The standard InChI is InChI=1S/C13H12ClFN2/c1-8-2-5-13(12(16)6-8)17-9-3-4-10(14)11(15)7-9/h2-7,17H,16H2,1H3. The summed E-state index contributed by atoms with van der Waals surface area (Å²) in [6.07, 6.45) is 0. The fraction of sp³-hybridized carbons (Fsp3) is 0.0769. The molecule has 4 heteroatoms. The molecule has 0 saturated heterocycles. The van der Waals surface area contributed by atoms with Crippen LogP contribution in [-0.2, 0) is 0 Å². The molecule has 88 valence electrons. The van der Waals surface area contributed by atoms with Crippen LogP contribution in [0.15, 0.2) is 36.4 Å². The molecule has 0 heterocycles. The summed E-state index contributed by atoms with van der Waals surface area (Å²) < 4.78 is 13.2. The van der Waals surface area contributed by atoms with Crippen molar-refractivity contribution < 1.29 is 4.39 Å². The Morgan fingerprint density at radius 1 is 1.18 bits per heavy atom. The number of nitrogens with two attached hydrogens (primary N) is 1. The molecule has 0 saturated carbocycles. The van der Waals surface area contributed by atoms with Crippen molar-refractivity contribution >= 4 is 28.7 Å². The van der Waals surface area contributed by atoms with Gasteiger partial charge in [0, 0.05) is 5.69 Å². The van der Waals surface area contributed by atoms with Crippen LogP contribution in [-0.4, -0.2) is 0 Å². The molecule has 3 N–H and O–H groups in total. The Hall–Kier alpha value is -1.74. The number of anilines is 3. The third-order valence-corrected chi connectivity index (χ3v) is 2.71. The molecule has 0 aliphatic heterocycles. The van der Waals surface area contributed by atoms with E-state index in [9.17, 15) is 4.39 Å². The first-order valence-electron chi connectivity index (χ1n) is 5.14. The molecular weight excluding hydrogens is 239 g/mol. The van der Waals surface area contributed by atoms with Gasteiger partial charge < -0.3 is 11.1 Å². The van der Waals surface area contributed by atoms with Crippen molar-refractivity contribution in [3.8, 4) is 0 Å². The van der Waals surface area contributed by atoms with Gasteiger partial charge in [0.2, 0.25) is 0 Å². The predicted octanol–water partition coefficient (Wildman–Crippen LogP) is 4.11. The van der Waals surface area contributed by atoms with Crippen molar-refractivity contribution in [1.82, 2.24) is 0 Å². The van der Waals surface area contributed by atoms with Gasteiger partial charge in [0.1, 0.15) is 5.82 Å². The average Bonchev–Trinajstić information content (AvgIpc) is 2.27. The Morgan fingerprint density at radius 3 is 2.59 bits per heavy atom. The highest BCUT2D eigenvalue weighted by Gasteiger charge is 2.03. The first-order valence-corrected chi connectivity index (χ1v) is 5.52. The topological polar surface area (TPSA) is 38.0 Å². The number of hydrogen-bond acceptors (Lipinski definition) is 2. The van der Waals surface area contributed by atoms with Crippen LogP contribution in [0.2, 0.25) is 5.02 Å². The first kappa shape index (κ1) is 11.7. The zero-order valence-electron chi connectivity index (χ0n) is 9.30. The summed E-state index contributed by atoms with van der Waals surface area (Å²) in [6.45, 7) is 1.96. The smallest absolute Gasteiger partial charge is 0.143 e. The number of aryl methyl sites for hydroxylation is 1. The molecule has 0 spiro atoms. The van der Waals surface area contributed by atoms with E-state index >= 15 is 0 Å². The summed E-state index contributed by atoms with van der Waals surface area (Å²) >= 11 is 5.61. The van der Waals surface area contributed by atoms with Gasteiger partial charge in [0.05, 0.1) is 16.4 Å². The number of rotatable bonds is 2. The maximum absolute atomic E-state index is 13.2. The lowest BCUT2D eigenvalue weighted by molar-refractivity contribution is 0.629. The van der Waals surface area contributed by atoms with Crippen LogP contribution in [0.4, 0.5) is 21.5 Å². The Balaban J connectivity index is 2.28. The van der Waals surface area contributed by atoms with E-state index < -0.39 is 5.82 Å². The number of nitrogen functional groups attached to an aromatic ring is 1. The molecule has 2 aromatic carbocycles. The lowest BCUT2D eigenvalue weighted by atomic mass is 10.2. The molecule has 2 nitrogen and oxygen atoms in total. The molecule has 2 rings (SSSR count). The van der Waals surface area contributed by atoms with Crippen LogP contribution < -0.4 is 11.1 Å². The zero-order chi connectivity index (χ0) is 12.4. The molecule has 0 radical (unpaired) electrons. The Bertz CT molecular complexity index is 555. The second kappa shape index (κ2) is 4.63. The fourth-order valence-corrected chi connectivity index (χ4v) is 1.64. The molecule has 0 aliphatic rings. The monoisotopic (exact) mass is 250 g/mol. The van der Waals surface area contributed by atoms with Crippen molar-refractivity contribution in [1.29, 1.82) is 0 Å². The molecule has 0 aliphatic carbocycles. The van der Waals surface area contributed by atoms with Crippen LogP contribution in [0.25, 0.3) is 0 Å². The van der Waals surface area contributed by atoms with Gasteiger partial charge >= 0.3 is 0 Å². The average molecular weight is 251 g/mol. The second-order valence-corrected chi connectivity index (χ2v) is 4.25. The molecule has 0 unspecified atom stereocenters. The Morgan fingerprint density at radius 2 is 1.94 bits per heavy atom. The lowest BCUT2D eigenvalue weighted by Crippen LogP contribution is -1.97. The number of benzene rings is 2. The minimum absolute atomic E-state index is 0.104.